The van der Waals surface area contributed by atoms with Crippen LogP contribution in [0.5, 0.6) is 46.0 Å². The number of carbonyl (C=O) groups excluding carboxylic acids is 10. The first-order chi connectivity index (χ1) is 68.9. The van der Waals surface area contributed by atoms with Crippen LogP contribution in [0.1, 0.15) is 217 Å². The number of rotatable bonds is 32. The van der Waals surface area contributed by atoms with Gasteiger partial charge in [0.05, 0.1) is 65.7 Å². The Morgan fingerprint density at radius 2 is 0.604 bits per heavy atom. The molecule has 0 atom stereocenters. The zero-order valence-corrected chi connectivity index (χ0v) is 78.8. The maximum absolute atomic E-state index is 14.2. The van der Waals surface area contributed by atoms with E-state index in [0.29, 0.717) is 94.9 Å². The van der Waals surface area contributed by atoms with Crippen molar-refractivity contribution < 1.29 is 97.2 Å². The molecule has 0 saturated heterocycles. The van der Waals surface area contributed by atoms with Crippen LogP contribution < -0.4 is 19.3 Å². The number of carbonyl (C=O) groups is 10. The van der Waals surface area contributed by atoms with Crippen molar-refractivity contribution in [3.8, 4) is 46.0 Å². The molecular formula is C118H90N4O22. The lowest BCUT2D eigenvalue weighted by atomic mass is 9.76. The van der Waals surface area contributed by atoms with Gasteiger partial charge in [-0.15, -0.1) is 0 Å². The van der Waals surface area contributed by atoms with Gasteiger partial charge in [0, 0.05) is 93.0 Å². The number of imide groups is 2. The number of phenolic OH excluding ortho intramolecular Hbond substituents is 4. The van der Waals surface area contributed by atoms with Crippen LogP contribution in [0.15, 0.2) is 322 Å². The molecule has 0 spiro atoms. The number of nitro benzene ring substituents is 2. The summed E-state index contributed by atoms with van der Waals surface area (Å²) in [5, 5.41) is 71.4. The second-order valence-electron chi connectivity index (χ2n) is 37.2. The van der Waals surface area contributed by atoms with Crippen molar-refractivity contribution in [3.05, 3.63) is 470 Å². The molecule has 26 heteroatoms. The number of aromatic hydroxyl groups is 4. The molecule has 16 aromatic rings. The molecule has 0 unspecified atom stereocenters. The van der Waals surface area contributed by atoms with Crippen LogP contribution in [-0.2, 0) is 64.6 Å². The van der Waals surface area contributed by atoms with Crippen LogP contribution in [0.25, 0.3) is 21.5 Å². The van der Waals surface area contributed by atoms with E-state index < -0.39 is 80.6 Å². The minimum Gasteiger partial charge on any atom is -0.508 e. The Labute approximate surface area is 824 Å². The third-order valence-electron chi connectivity index (χ3n) is 27.1. The predicted octanol–water partition coefficient (Wildman–Crippen LogP) is 23.5. The monoisotopic (exact) mass is 1910 g/mol. The Balaban J connectivity index is 0.452. The summed E-state index contributed by atoms with van der Waals surface area (Å²) in [4.78, 5) is 164. The number of phenols is 4. The third-order valence-corrected chi connectivity index (χ3v) is 27.1. The van der Waals surface area contributed by atoms with Gasteiger partial charge in [0.25, 0.3) is 35.0 Å². The van der Waals surface area contributed by atoms with Gasteiger partial charge in [-0.05, 0) is 261 Å². The number of amides is 4. The second-order valence-corrected chi connectivity index (χ2v) is 37.2. The maximum Gasteiger partial charge on any atom is 0.338 e. The molecule has 4 amide bonds. The molecular weight excluding hydrogens is 1830 g/mol. The number of benzene rings is 16. The molecule has 2 aliphatic rings. The van der Waals surface area contributed by atoms with E-state index in [-0.39, 0.29) is 128 Å². The standard InChI is InChI=1S/C118H90N4O22/c1-67-19-30-85(116(2,3)84-17-12-18-90(63-84)119-110(131)95-43-28-76(55-97(95)112(119)133)114(135)141-65-82-49-72-13-8-10-15-74(72)57-99(82)121(137)138)51-78(67)59-106(127)68-20-35-91(36-21-68)143-92-37-22-69(23-38-92)107(128)60-79-52-86(31-45-102(79)123)117(4,5)87-32-46-103(124)80(53-87)61-108(129)70-24-39-93(40-25-70)144-94-41-26-71(27-42-94)109(130)62-81-54-88(33-47-104(81)125)118(6,7)89-34-48-105(126)101(64-89)120-111(132)96-44-29-77(56-98(96)113(120)134)115(136)142-66-83-50-73-14-9-11-16-75(73)58-100(83)122(139)140/h8-58,63-64,123-126H,59-62,65-66H2,1-7H3. The summed E-state index contributed by atoms with van der Waals surface area (Å²) in [6.45, 7) is 12.7. The SMILES string of the molecule is Cc1ccc(C(C)(C)c2cccc(N3C(=O)c4ccc(C(=O)OCc5cc6ccccc6cc5[N+](=O)[O-])cc4C3=O)c2)cc1CC(=O)c1ccc(Oc2ccc(C(=O)Cc3cc(C(C)(C)c4ccc(O)c(CC(=O)c5ccc(Oc6ccc(C(=O)Cc7cc(C(C)(C)c8ccc(O)c(N9C(=O)c%10ccc(C(=O)OCc%11cc%12ccccc%12cc%11[N+](=O)[O-])cc%10C9=O)c8)ccc7O)cc6)cc5)c4)ccc3O)cc2)cc1. The van der Waals surface area contributed by atoms with Gasteiger partial charge in [-0.1, -0.05) is 163 Å². The lowest BCUT2D eigenvalue weighted by molar-refractivity contribution is -0.385. The van der Waals surface area contributed by atoms with Gasteiger partial charge < -0.3 is 39.4 Å². The highest BCUT2D eigenvalue weighted by atomic mass is 16.6. The van der Waals surface area contributed by atoms with Crippen molar-refractivity contribution in [2.45, 2.75) is 104 Å². The summed E-state index contributed by atoms with van der Waals surface area (Å²) < 4.78 is 23.3. The Morgan fingerprint density at radius 1 is 0.299 bits per heavy atom. The fraction of sp³-hybridized carbons (Fsp3) is 0.136. The number of hydrogen-bond acceptors (Lipinski definition) is 22. The lowest BCUT2D eigenvalue weighted by Gasteiger charge is -2.28. The van der Waals surface area contributed by atoms with Crippen LogP contribution in [0.2, 0.25) is 0 Å². The van der Waals surface area contributed by atoms with Gasteiger partial charge >= 0.3 is 11.9 Å². The number of ketones is 4. The second kappa shape index (κ2) is 38.7. The van der Waals surface area contributed by atoms with Crippen LogP contribution in [0, 0.1) is 27.2 Å². The third kappa shape index (κ3) is 19.2. The maximum atomic E-state index is 14.2. The van der Waals surface area contributed by atoms with E-state index in [4.69, 9.17) is 18.9 Å². The Kier molecular flexibility index (Phi) is 25.8. The van der Waals surface area contributed by atoms with Crippen molar-refractivity contribution in [2.24, 2.45) is 0 Å². The normalized spacial score (nSPS) is 12.4. The topological polar surface area (TPSA) is 381 Å². The van der Waals surface area contributed by atoms with Crippen LogP contribution in [0.3, 0.4) is 0 Å². The van der Waals surface area contributed by atoms with Crippen LogP contribution in [-0.4, -0.2) is 89.0 Å². The number of anilines is 2. The van der Waals surface area contributed by atoms with Gasteiger partial charge in [0.15, 0.2) is 23.1 Å². The van der Waals surface area contributed by atoms with E-state index in [1.165, 1.54) is 78.9 Å². The zero-order valence-electron chi connectivity index (χ0n) is 78.8. The van der Waals surface area contributed by atoms with Crippen LogP contribution in [0.4, 0.5) is 22.7 Å². The van der Waals surface area contributed by atoms with Gasteiger partial charge in [0.1, 0.15) is 59.2 Å². The number of aryl methyl sites for hydroxylation is 1. The molecule has 0 bridgehead atoms. The number of hydrogen-bond donors (Lipinski definition) is 4. The Bertz CT molecular complexity index is 8080. The number of nitro groups is 2. The molecule has 2 heterocycles. The minimum atomic E-state index is -0.938. The minimum absolute atomic E-state index is 0.00433. The van der Waals surface area contributed by atoms with Gasteiger partial charge in [-0.2, -0.15) is 0 Å². The van der Waals surface area contributed by atoms with Crippen LogP contribution >= 0.6 is 0 Å². The summed E-state index contributed by atoms with van der Waals surface area (Å²) in [5.74, 6) is -4.71. The van der Waals surface area contributed by atoms with Crippen molar-refractivity contribution in [1.29, 1.82) is 0 Å². The van der Waals surface area contributed by atoms with E-state index in [1.807, 2.05) is 72.7 Å². The highest BCUT2D eigenvalue weighted by Gasteiger charge is 2.42. The summed E-state index contributed by atoms with van der Waals surface area (Å²) >= 11 is 0. The summed E-state index contributed by atoms with van der Waals surface area (Å²) in [5.41, 5.74) is 5.89. The Morgan fingerprint density at radius 3 is 0.979 bits per heavy atom. The quantitative estimate of drug-likeness (QED) is 0.01000. The highest BCUT2D eigenvalue weighted by molar-refractivity contribution is 6.36. The van der Waals surface area contributed by atoms with E-state index in [9.17, 15) is 88.6 Å². The Hall–Kier alpha value is -18.5. The summed E-state index contributed by atoms with van der Waals surface area (Å²) in [6.07, 6.45) is -0.454. The average Bonchev–Trinajstić information content (AvgIpc) is 1.59. The average molecular weight is 1920 g/mol. The fourth-order valence-electron chi connectivity index (χ4n) is 18.2. The number of esters is 2. The largest absolute Gasteiger partial charge is 0.508 e. The molecule has 0 saturated carbocycles. The van der Waals surface area contributed by atoms with E-state index >= 15 is 0 Å². The molecule has 18 rings (SSSR count). The predicted molar refractivity (Wildman–Crippen MR) is 539 cm³/mol. The first kappa shape index (κ1) is 95.8. The number of ether oxygens (including phenoxy) is 4. The fourth-order valence-corrected chi connectivity index (χ4v) is 18.2. The first-order valence-corrected chi connectivity index (χ1v) is 46.0. The lowest BCUT2D eigenvalue weighted by Crippen LogP contribution is -2.30. The molecule has 0 fully saturated rings. The number of nitrogens with zero attached hydrogens (tertiary/aromatic N) is 4. The smallest absolute Gasteiger partial charge is 0.338 e. The molecule has 0 radical (unpaired) electrons. The van der Waals surface area contributed by atoms with E-state index in [2.05, 4.69) is 0 Å². The molecule has 26 nitrogen and oxygen atoms in total. The van der Waals surface area contributed by atoms with Gasteiger partial charge in [-0.3, -0.25) is 58.6 Å². The molecule has 714 valence electrons. The number of Topliss-reactive ketones (excluding diaryl/α,β-unsaturated/α-hetero) is 4. The van der Waals surface area contributed by atoms with E-state index in [1.54, 1.807) is 218 Å². The molecule has 4 N–H and O–H groups in total. The molecule has 2 aliphatic heterocycles. The molecule has 144 heavy (non-hydrogen) atoms. The van der Waals surface area contributed by atoms with Gasteiger partial charge in [0.2, 0.25) is 0 Å². The number of fused-ring (bicyclic) bond motifs is 4. The molecule has 16 aromatic carbocycles. The summed E-state index contributed by atoms with van der Waals surface area (Å²) in [7, 11) is 0. The zero-order chi connectivity index (χ0) is 102. The molecule has 0 aromatic heterocycles. The highest BCUT2D eigenvalue weighted by Crippen LogP contribution is 2.45. The van der Waals surface area contributed by atoms with Gasteiger partial charge in [-0.25, -0.2) is 19.4 Å². The van der Waals surface area contributed by atoms with Crippen molar-refractivity contribution in [1.82, 2.24) is 0 Å². The first-order valence-electron chi connectivity index (χ1n) is 46.0. The van der Waals surface area contributed by atoms with Crippen molar-refractivity contribution >= 4 is 103 Å². The van der Waals surface area contributed by atoms with E-state index in [0.717, 1.165) is 48.6 Å². The molecule has 0 aliphatic carbocycles. The van der Waals surface area contributed by atoms with Crippen molar-refractivity contribution in [3.63, 3.8) is 0 Å². The van der Waals surface area contributed by atoms with Crippen molar-refractivity contribution in [2.75, 3.05) is 9.80 Å². The summed E-state index contributed by atoms with van der Waals surface area (Å²) in [6, 6.07) is 86.5.